The largest absolute Gasteiger partial charge is 0.325 e. The van der Waals surface area contributed by atoms with Crippen LogP contribution in [-0.2, 0) is 11.3 Å². The number of amides is 1. The van der Waals surface area contributed by atoms with E-state index in [2.05, 4.69) is 22.9 Å². The molecule has 0 saturated carbocycles. The summed E-state index contributed by atoms with van der Waals surface area (Å²) in [4.78, 5) is 28.5. The highest BCUT2D eigenvalue weighted by Crippen LogP contribution is 2.25. The molecule has 5 nitrogen and oxygen atoms in total. The van der Waals surface area contributed by atoms with Crippen LogP contribution in [0.15, 0.2) is 53.7 Å². The van der Waals surface area contributed by atoms with Gasteiger partial charge in [0.25, 0.3) is 0 Å². The van der Waals surface area contributed by atoms with Gasteiger partial charge in [-0.25, -0.2) is 4.98 Å². The first-order valence-electron chi connectivity index (χ1n) is 10.1. The molecule has 3 aromatic rings. The summed E-state index contributed by atoms with van der Waals surface area (Å²) in [6.45, 7) is 4.65. The number of aryl methyl sites for hydroxylation is 1. The van der Waals surface area contributed by atoms with Crippen molar-refractivity contribution in [1.29, 1.82) is 0 Å². The molecule has 0 aliphatic heterocycles. The predicted molar refractivity (Wildman–Crippen MR) is 120 cm³/mol. The third-order valence-corrected chi connectivity index (χ3v) is 5.74. The fourth-order valence-corrected chi connectivity index (χ4v) is 4.03. The Kier molecular flexibility index (Phi) is 7.47. The van der Waals surface area contributed by atoms with Gasteiger partial charge in [-0.2, -0.15) is 0 Å². The molecule has 1 N–H and O–H groups in total. The van der Waals surface area contributed by atoms with E-state index in [0.717, 1.165) is 29.2 Å². The molecule has 1 aromatic heterocycles. The lowest BCUT2D eigenvalue weighted by Gasteiger charge is -2.09. The zero-order chi connectivity index (χ0) is 20.6. The Morgan fingerprint density at radius 3 is 2.52 bits per heavy atom. The lowest BCUT2D eigenvalue weighted by Crippen LogP contribution is -2.14. The van der Waals surface area contributed by atoms with E-state index in [1.54, 1.807) is 24.3 Å². The molecule has 2 aromatic carbocycles. The second-order valence-electron chi connectivity index (χ2n) is 7.07. The molecular formula is C23H27N3O2S. The van der Waals surface area contributed by atoms with Gasteiger partial charge in [-0.1, -0.05) is 50.1 Å². The van der Waals surface area contributed by atoms with Crippen molar-refractivity contribution in [3.8, 4) is 0 Å². The molecule has 152 valence electrons. The number of nitrogens with one attached hydrogen (secondary N) is 1. The number of imidazole rings is 1. The van der Waals surface area contributed by atoms with Crippen molar-refractivity contribution >= 4 is 40.2 Å². The molecule has 0 spiro atoms. The maximum absolute atomic E-state index is 12.4. The molecule has 0 aliphatic rings. The molecule has 3 rings (SSSR count). The fourth-order valence-electron chi connectivity index (χ4n) is 3.19. The second-order valence-corrected chi connectivity index (χ2v) is 8.01. The highest BCUT2D eigenvalue weighted by molar-refractivity contribution is 7.99. The maximum atomic E-state index is 12.4. The molecule has 0 unspecified atom stereocenters. The average Bonchev–Trinajstić information content (AvgIpc) is 3.07. The van der Waals surface area contributed by atoms with Crippen LogP contribution in [-0.4, -0.2) is 27.0 Å². The zero-order valence-electron chi connectivity index (χ0n) is 17.0. The highest BCUT2D eigenvalue weighted by Gasteiger charge is 2.13. The number of aromatic nitrogens is 2. The van der Waals surface area contributed by atoms with Gasteiger partial charge in [-0.3, -0.25) is 9.59 Å². The molecule has 0 fully saturated rings. The number of para-hydroxylation sites is 2. The summed E-state index contributed by atoms with van der Waals surface area (Å²) in [6, 6.07) is 15.1. The summed E-state index contributed by atoms with van der Waals surface area (Å²) >= 11 is 1.46. The first-order chi connectivity index (χ1) is 14.1. The summed E-state index contributed by atoms with van der Waals surface area (Å²) in [5.41, 5.74) is 3.40. The predicted octanol–water partition coefficient (Wildman–Crippen LogP) is 5.55. The minimum atomic E-state index is -0.0878. The number of hydrogen-bond acceptors (Lipinski definition) is 4. The first kappa shape index (κ1) is 21.1. The second kappa shape index (κ2) is 10.3. The van der Waals surface area contributed by atoms with Crippen LogP contribution in [0.4, 0.5) is 5.69 Å². The lowest BCUT2D eigenvalue weighted by molar-refractivity contribution is -0.113. The Labute approximate surface area is 175 Å². The van der Waals surface area contributed by atoms with Gasteiger partial charge in [-0.05, 0) is 49.7 Å². The van der Waals surface area contributed by atoms with Crippen LogP contribution in [0.3, 0.4) is 0 Å². The van der Waals surface area contributed by atoms with Gasteiger partial charge < -0.3 is 9.88 Å². The van der Waals surface area contributed by atoms with Gasteiger partial charge in [0.05, 0.1) is 16.8 Å². The molecule has 0 aliphatic carbocycles. The van der Waals surface area contributed by atoms with Crippen molar-refractivity contribution in [3.63, 3.8) is 0 Å². The van der Waals surface area contributed by atoms with E-state index in [0.29, 0.717) is 11.3 Å². The van der Waals surface area contributed by atoms with Crippen molar-refractivity contribution < 1.29 is 9.59 Å². The number of rotatable bonds is 10. The van der Waals surface area contributed by atoms with Crippen molar-refractivity contribution in [3.05, 3.63) is 54.1 Å². The molecule has 1 heterocycles. The molecule has 0 radical (unpaired) electrons. The maximum Gasteiger partial charge on any atom is 0.234 e. The molecule has 29 heavy (non-hydrogen) atoms. The molecule has 6 heteroatoms. The molecule has 0 atom stereocenters. The Morgan fingerprint density at radius 2 is 1.79 bits per heavy atom. The third-order valence-electron chi connectivity index (χ3n) is 4.76. The van der Waals surface area contributed by atoms with Gasteiger partial charge in [0.1, 0.15) is 0 Å². The number of hydrogen-bond donors (Lipinski definition) is 1. The normalized spacial score (nSPS) is 11.0. The number of fused-ring (bicyclic) bond motifs is 1. The standard InChI is InChI=1S/C23H27N3O2S/c1-3-4-5-8-15-26-21-10-7-6-9-20(21)25-23(26)29-16-22(28)24-19-13-11-18(12-14-19)17(2)27/h6-7,9-14H,3-5,8,15-16H2,1-2H3,(H,24,28). The van der Waals surface area contributed by atoms with Gasteiger partial charge in [0, 0.05) is 17.8 Å². The van der Waals surface area contributed by atoms with E-state index in [9.17, 15) is 9.59 Å². The molecule has 0 bridgehead atoms. The van der Waals surface area contributed by atoms with Crippen LogP contribution < -0.4 is 5.32 Å². The number of carbonyl (C=O) groups is 2. The van der Waals surface area contributed by atoms with Crippen molar-refractivity contribution in [2.75, 3.05) is 11.1 Å². The van der Waals surface area contributed by atoms with Crippen LogP contribution in [0.25, 0.3) is 11.0 Å². The lowest BCUT2D eigenvalue weighted by atomic mass is 10.1. The van der Waals surface area contributed by atoms with Gasteiger partial charge in [-0.15, -0.1) is 0 Å². The van der Waals surface area contributed by atoms with E-state index in [1.807, 2.05) is 18.2 Å². The van der Waals surface area contributed by atoms with E-state index in [4.69, 9.17) is 4.98 Å². The van der Waals surface area contributed by atoms with Crippen molar-refractivity contribution in [2.45, 2.75) is 51.2 Å². The van der Waals surface area contributed by atoms with Gasteiger partial charge in [0.2, 0.25) is 5.91 Å². The van der Waals surface area contributed by atoms with E-state index >= 15 is 0 Å². The van der Waals surface area contributed by atoms with E-state index in [-0.39, 0.29) is 17.4 Å². The van der Waals surface area contributed by atoms with Crippen LogP contribution in [0.5, 0.6) is 0 Å². The summed E-state index contributed by atoms with van der Waals surface area (Å²) in [6.07, 6.45) is 4.75. The molecule has 1 amide bonds. The summed E-state index contributed by atoms with van der Waals surface area (Å²) in [7, 11) is 0. The SMILES string of the molecule is CCCCCCn1c(SCC(=O)Nc2ccc(C(C)=O)cc2)nc2ccccc21. The number of thioether (sulfide) groups is 1. The van der Waals surface area contributed by atoms with Gasteiger partial charge in [0.15, 0.2) is 10.9 Å². The van der Waals surface area contributed by atoms with E-state index < -0.39 is 0 Å². The molecule has 0 saturated heterocycles. The Bertz CT molecular complexity index is 979. The first-order valence-corrected chi connectivity index (χ1v) is 11.1. The quantitative estimate of drug-likeness (QED) is 0.271. The number of benzene rings is 2. The van der Waals surface area contributed by atoms with Crippen LogP contribution in [0.2, 0.25) is 0 Å². The topological polar surface area (TPSA) is 64.0 Å². The van der Waals surface area contributed by atoms with Crippen molar-refractivity contribution in [2.24, 2.45) is 0 Å². The van der Waals surface area contributed by atoms with Crippen LogP contribution in [0, 0.1) is 0 Å². The number of Topliss-reactive ketones (excluding diaryl/α,β-unsaturated/α-hetero) is 1. The number of ketones is 1. The minimum Gasteiger partial charge on any atom is -0.325 e. The third kappa shape index (κ3) is 5.70. The van der Waals surface area contributed by atoms with Crippen LogP contribution >= 0.6 is 11.8 Å². The highest BCUT2D eigenvalue weighted by atomic mass is 32.2. The van der Waals surface area contributed by atoms with Crippen molar-refractivity contribution in [1.82, 2.24) is 9.55 Å². The fraction of sp³-hybridized carbons (Fsp3) is 0.348. The van der Waals surface area contributed by atoms with E-state index in [1.165, 1.54) is 37.9 Å². The Hall–Kier alpha value is -2.60. The number of unbranched alkanes of at least 4 members (excludes halogenated alkanes) is 3. The minimum absolute atomic E-state index is 0.0104. The number of carbonyl (C=O) groups excluding carboxylic acids is 2. The Morgan fingerprint density at radius 1 is 1.03 bits per heavy atom. The summed E-state index contributed by atoms with van der Waals surface area (Å²) in [5, 5.41) is 3.76. The van der Waals surface area contributed by atoms with Gasteiger partial charge >= 0.3 is 0 Å². The monoisotopic (exact) mass is 409 g/mol. The smallest absolute Gasteiger partial charge is 0.234 e. The summed E-state index contributed by atoms with van der Waals surface area (Å²) < 4.78 is 2.23. The number of nitrogens with zero attached hydrogens (tertiary/aromatic N) is 2. The zero-order valence-corrected chi connectivity index (χ0v) is 17.8. The van der Waals surface area contributed by atoms with Crippen LogP contribution in [0.1, 0.15) is 49.9 Å². The molecular weight excluding hydrogens is 382 g/mol. The Balaban J connectivity index is 1.64. The average molecular weight is 410 g/mol. The number of anilines is 1. The summed E-state index contributed by atoms with van der Waals surface area (Å²) in [5.74, 6) is 0.207.